The molecule has 1 N–H and O–H groups in total. The normalized spacial score (nSPS) is 9.64. The molecule has 14 heavy (non-hydrogen) atoms. The summed E-state index contributed by atoms with van der Waals surface area (Å²) in [5.74, 6) is 0.490. The second-order valence-corrected chi connectivity index (χ2v) is 3.98. The van der Waals surface area contributed by atoms with Crippen LogP contribution in [0.4, 0.5) is 5.95 Å². The van der Waals surface area contributed by atoms with Gasteiger partial charge in [0.1, 0.15) is 0 Å². The van der Waals surface area contributed by atoms with E-state index in [9.17, 15) is 4.79 Å². The molecule has 1 heterocycles. The number of anilines is 1. The summed E-state index contributed by atoms with van der Waals surface area (Å²) in [4.78, 5) is 20.9. The fourth-order valence-corrected chi connectivity index (χ4v) is 1.15. The summed E-state index contributed by atoms with van der Waals surface area (Å²) < 4.78 is 0.972. The fraction of sp³-hybridized carbons (Fsp3) is 0.375. The number of aromatic nitrogens is 2. The molecule has 1 aromatic heterocycles. The van der Waals surface area contributed by atoms with Crippen LogP contribution in [0.25, 0.3) is 0 Å². The van der Waals surface area contributed by atoms with Crippen molar-refractivity contribution in [3.63, 3.8) is 0 Å². The lowest BCUT2D eigenvalue weighted by Crippen LogP contribution is -2.33. The van der Waals surface area contributed by atoms with Crippen molar-refractivity contribution in [1.82, 2.24) is 15.3 Å². The van der Waals surface area contributed by atoms with Crippen LogP contribution in [-0.4, -0.2) is 36.5 Å². The predicted octanol–water partition coefficient (Wildman–Crippen LogP) is 0.263. The predicted molar refractivity (Wildman–Crippen MR) is 62.1 cm³/mol. The maximum absolute atomic E-state index is 11.1. The van der Waals surface area contributed by atoms with Crippen molar-refractivity contribution in [1.29, 1.82) is 0 Å². The van der Waals surface area contributed by atoms with E-state index in [0.717, 1.165) is 3.57 Å². The molecule has 0 aliphatic carbocycles. The second-order valence-electron chi connectivity index (χ2n) is 2.73. The Morgan fingerprint density at radius 1 is 1.57 bits per heavy atom. The average molecular weight is 306 g/mol. The summed E-state index contributed by atoms with van der Waals surface area (Å²) >= 11 is 2.13. The van der Waals surface area contributed by atoms with Gasteiger partial charge >= 0.3 is 0 Å². The van der Waals surface area contributed by atoms with E-state index in [2.05, 4.69) is 37.9 Å². The Hall–Kier alpha value is -0.920. The first-order valence-corrected chi connectivity index (χ1v) is 5.10. The molecule has 1 rings (SSSR count). The number of hydrogen-bond donors (Lipinski definition) is 1. The van der Waals surface area contributed by atoms with Gasteiger partial charge in [-0.1, -0.05) is 0 Å². The Balaban J connectivity index is 2.65. The number of hydrogen-bond acceptors (Lipinski definition) is 4. The molecule has 0 bridgehead atoms. The topological polar surface area (TPSA) is 58.1 Å². The Morgan fingerprint density at radius 3 is 2.64 bits per heavy atom. The third kappa shape index (κ3) is 3.09. The fourth-order valence-electron chi connectivity index (χ4n) is 0.868. The van der Waals surface area contributed by atoms with Crippen molar-refractivity contribution in [2.75, 3.05) is 25.5 Å². The van der Waals surface area contributed by atoms with Crippen LogP contribution in [0, 0.1) is 3.57 Å². The number of nitrogens with zero attached hydrogens (tertiary/aromatic N) is 3. The molecule has 5 nitrogen and oxygen atoms in total. The zero-order valence-corrected chi connectivity index (χ0v) is 10.1. The molecule has 0 unspecified atom stereocenters. The number of carbonyl (C=O) groups is 1. The molecular formula is C8H11IN4O. The molecule has 6 heteroatoms. The van der Waals surface area contributed by atoms with Gasteiger partial charge in [0.15, 0.2) is 0 Å². The molecule has 0 saturated carbocycles. The molecule has 0 aliphatic heterocycles. The van der Waals surface area contributed by atoms with Crippen molar-refractivity contribution >= 4 is 34.4 Å². The number of likely N-dealkylation sites (N-methyl/N-ethyl adjacent to an activating group) is 2. The number of nitrogens with one attached hydrogen (secondary N) is 1. The highest BCUT2D eigenvalue weighted by molar-refractivity contribution is 14.1. The number of halogens is 1. The summed E-state index contributed by atoms with van der Waals surface area (Å²) in [6.07, 6.45) is 3.42. The van der Waals surface area contributed by atoms with Crippen LogP contribution in [-0.2, 0) is 4.79 Å². The minimum Gasteiger partial charge on any atom is -0.358 e. The summed E-state index contributed by atoms with van der Waals surface area (Å²) in [6.45, 7) is 0.261. The van der Waals surface area contributed by atoms with Gasteiger partial charge in [-0.05, 0) is 22.6 Å². The maximum Gasteiger partial charge on any atom is 0.239 e. The minimum atomic E-state index is -0.0605. The quantitative estimate of drug-likeness (QED) is 0.814. The monoisotopic (exact) mass is 306 g/mol. The van der Waals surface area contributed by atoms with Crippen LogP contribution in [0.1, 0.15) is 0 Å². The molecule has 0 aromatic carbocycles. The van der Waals surface area contributed by atoms with Crippen molar-refractivity contribution in [3.05, 3.63) is 16.0 Å². The van der Waals surface area contributed by atoms with Gasteiger partial charge in [0.2, 0.25) is 11.9 Å². The lowest BCUT2D eigenvalue weighted by Gasteiger charge is -2.15. The molecular weight excluding hydrogens is 295 g/mol. The van der Waals surface area contributed by atoms with E-state index in [1.54, 1.807) is 31.4 Å². The van der Waals surface area contributed by atoms with Gasteiger partial charge < -0.3 is 10.2 Å². The molecule has 76 valence electrons. The molecule has 1 aromatic rings. The largest absolute Gasteiger partial charge is 0.358 e. The summed E-state index contributed by atoms with van der Waals surface area (Å²) in [5, 5.41) is 2.54. The van der Waals surface area contributed by atoms with Gasteiger partial charge in [0.25, 0.3) is 0 Å². The lowest BCUT2D eigenvalue weighted by atomic mass is 10.5. The van der Waals surface area contributed by atoms with Crippen molar-refractivity contribution in [2.45, 2.75) is 0 Å². The first kappa shape index (κ1) is 11.2. The van der Waals surface area contributed by atoms with Crippen molar-refractivity contribution in [3.8, 4) is 0 Å². The van der Waals surface area contributed by atoms with Gasteiger partial charge in [0, 0.05) is 30.1 Å². The van der Waals surface area contributed by atoms with Crippen molar-refractivity contribution < 1.29 is 4.79 Å². The van der Waals surface area contributed by atoms with E-state index < -0.39 is 0 Å². The number of amides is 1. The molecule has 0 aliphatic rings. The minimum absolute atomic E-state index is 0.0605. The standard InChI is InChI=1S/C8H11IN4O/c1-10-7(14)5-13(2)8-11-3-6(9)4-12-8/h3-4H,5H2,1-2H3,(H,10,14). The average Bonchev–Trinajstić information content (AvgIpc) is 2.18. The Kier molecular flexibility index (Phi) is 4.05. The van der Waals surface area contributed by atoms with E-state index in [1.165, 1.54) is 0 Å². The Labute approximate surface area is 96.1 Å². The summed E-state index contributed by atoms with van der Waals surface area (Å²) in [7, 11) is 3.38. The highest BCUT2D eigenvalue weighted by atomic mass is 127. The Morgan fingerprint density at radius 2 is 2.14 bits per heavy atom. The zero-order chi connectivity index (χ0) is 10.6. The van der Waals surface area contributed by atoms with Crippen LogP contribution in [0.15, 0.2) is 12.4 Å². The maximum atomic E-state index is 11.1. The molecule has 0 atom stereocenters. The third-order valence-corrected chi connectivity index (χ3v) is 2.16. The smallest absolute Gasteiger partial charge is 0.239 e. The van der Waals surface area contributed by atoms with Gasteiger partial charge in [0.05, 0.1) is 6.54 Å². The summed E-state index contributed by atoms with van der Waals surface area (Å²) in [6, 6.07) is 0. The van der Waals surface area contributed by atoms with E-state index >= 15 is 0 Å². The highest BCUT2D eigenvalue weighted by Gasteiger charge is 2.07. The van der Waals surface area contributed by atoms with Gasteiger partial charge in [-0.3, -0.25) is 4.79 Å². The van der Waals surface area contributed by atoms with E-state index in [4.69, 9.17) is 0 Å². The first-order chi connectivity index (χ1) is 6.63. The number of rotatable bonds is 3. The van der Waals surface area contributed by atoms with Gasteiger partial charge in [-0.2, -0.15) is 0 Å². The zero-order valence-electron chi connectivity index (χ0n) is 7.99. The molecule has 0 spiro atoms. The van der Waals surface area contributed by atoms with Crippen molar-refractivity contribution in [2.24, 2.45) is 0 Å². The molecule has 0 saturated heterocycles. The van der Waals surface area contributed by atoms with E-state index in [1.807, 2.05) is 0 Å². The highest BCUT2D eigenvalue weighted by Crippen LogP contribution is 2.05. The summed E-state index contributed by atoms with van der Waals surface area (Å²) in [5.41, 5.74) is 0. The van der Waals surface area contributed by atoms with E-state index in [0.29, 0.717) is 5.95 Å². The molecule has 1 amide bonds. The van der Waals surface area contributed by atoms with E-state index in [-0.39, 0.29) is 12.5 Å². The van der Waals surface area contributed by atoms with Crippen LogP contribution >= 0.6 is 22.6 Å². The number of carbonyl (C=O) groups excluding carboxylic acids is 1. The Bertz CT molecular complexity index is 314. The van der Waals surface area contributed by atoms with Crippen LogP contribution in [0.3, 0.4) is 0 Å². The van der Waals surface area contributed by atoms with Crippen LogP contribution in [0.2, 0.25) is 0 Å². The third-order valence-electron chi connectivity index (χ3n) is 1.61. The first-order valence-electron chi connectivity index (χ1n) is 4.02. The second kappa shape index (κ2) is 5.08. The van der Waals surface area contributed by atoms with Gasteiger partial charge in [-0.25, -0.2) is 9.97 Å². The lowest BCUT2D eigenvalue weighted by molar-refractivity contribution is -0.119. The van der Waals surface area contributed by atoms with Gasteiger partial charge in [-0.15, -0.1) is 0 Å². The SMILES string of the molecule is CNC(=O)CN(C)c1ncc(I)cn1. The van der Waals surface area contributed by atoms with Crippen LogP contribution < -0.4 is 10.2 Å². The molecule has 0 fully saturated rings. The van der Waals surface area contributed by atoms with Crippen LogP contribution in [0.5, 0.6) is 0 Å². The molecule has 0 radical (unpaired) electrons.